The summed E-state index contributed by atoms with van der Waals surface area (Å²) in [4.78, 5) is 2.57. The standard InChI is InChI=1S/C37H36NSi.2ClH.Zr/c1-24-22-28-19-20-33(39(3)4)36(27-13-6-5-7-14-27)37(28)35(24)34-25(2)23-30-29(34)16-10-18-32(30)38-21-11-15-26-12-8-9-17-31(26)38;;;/h5-10,12-14,16-19,22-23,34H,11,15,20-21H2,1-4H3;2*1H;/q-1;;;+3/p-2. The van der Waals surface area contributed by atoms with Crippen molar-refractivity contribution < 1.29 is 51.0 Å². The maximum Gasteiger partial charge on any atom is 3.00 e. The number of fused-ring (bicyclic) bond motifs is 3. The monoisotopic (exact) mass is 682 g/mol. The quantitative estimate of drug-likeness (QED) is 0.232. The van der Waals surface area contributed by atoms with Crippen LogP contribution < -0.4 is 40.2 Å². The molecule has 0 fully saturated rings. The zero-order chi connectivity index (χ0) is 26.7. The predicted octanol–water partition coefficient (Wildman–Crippen LogP) is 1.24. The number of para-hydroxylation sites is 1. The number of rotatable bonds is 3. The Morgan fingerprint density at radius 1 is 0.857 bits per heavy atom. The normalized spacial score (nSPS) is 16.5. The minimum atomic E-state index is -0.598. The molecule has 0 amide bonds. The zero-order valence-corrected chi connectivity index (χ0v) is 29.7. The van der Waals surface area contributed by atoms with E-state index in [4.69, 9.17) is 0 Å². The van der Waals surface area contributed by atoms with Crippen molar-refractivity contribution in [3.8, 4) is 0 Å². The van der Waals surface area contributed by atoms with Crippen molar-refractivity contribution in [1.29, 1.82) is 0 Å². The van der Waals surface area contributed by atoms with Crippen LogP contribution in [0.15, 0.2) is 84.4 Å². The van der Waals surface area contributed by atoms with Gasteiger partial charge in [-0.3, -0.25) is 0 Å². The van der Waals surface area contributed by atoms with Gasteiger partial charge in [-0.25, -0.2) is 0 Å². The summed E-state index contributed by atoms with van der Waals surface area (Å²) in [6.07, 6.45) is 8.44. The van der Waals surface area contributed by atoms with E-state index in [1.54, 1.807) is 5.17 Å². The molecule has 1 aliphatic heterocycles. The topological polar surface area (TPSA) is 3.24 Å². The molecule has 0 N–H and O–H groups in total. The second-order valence-corrected chi connectivity index (χ2v) is 14.3. The van der Waals surface area contributed by atoms with E-state index < -0.39 is 8.41 Å². The number of aryl methyl sites for hydroxylation is 2. The van der Waals surface area contributed by atoms with Gasteiger partial charge in [0.15, 0.2) is 0 Å². The van der Waals surface area contributed by atoms with Crippen LogP contribution in [-0.4, -0.2) is 20.1 Å². The number of hydrogen-bond donors (Lipinski definition) is 0. The smallest absolute Gasteiger partial charge is 1.00 e. The molecule has 2 aliphatic carbocycles. The summed E-state index contributed by atoms with van der Waals surface area (Å²) in [5.41, 5.74) is 14.4. The molecular weight excluding hydrogens is 649 g/mol. The molecule has 1 heterocycles. The van der Waals surface area contributed by atoms with Gasteiger partial charge in [0.2, 0.25) is 0 Å². The van der Waals surface area contributed by atoms with Gasteiger partial charge in [-0.05, 0) is 60.9 Å². The summed E-state index contributed by atoms with van der Waals surface area (Å²) < 4.78 is 0. The van der Waals surface area contributed by atoms with Gasteiger partial charge >= 0.3 is 26.2 Å². The Labute approximate surface area is 283 Å². The fourth-order valence-corrected chi connectivity index (χ4v) is 8.61. The summed E-state index contributed by atoms with van der Waals surface area (Å²) in [6.45, 7) is 10.7. The van der Waals surface area contributed by atoms with Crippen LogP contribution in [0.25, 0.3) is 17.7 Å². The second kappa shape index (κ2) is 13.2. The average Bonchev–Trinajstić information content (AvgIpc) is 3.46. The zero-order valence-electron chi connectivity index (χ0n) is 24.8. The van der Waals surface area contributed by atoms with Crippen LogP contribution in [0.4, 0.5) is 11.4 Å². The van der Waals surface area contributed by atoms with Crippen LogP contribution in [0, 0.1) is 6.92 Å². The van der Waals surface area contributed by atoms with Gasteiger partial charge in [-0.15, -0.1) is 22.4 Å². The van der Waals surface area contributed by atoms with Crippen molar-refractivity contribution in [2.75, 3.05) is 11.4 Å². The molecule has 1 atom stereocenters. The minimum Gasteiger partial charge on any atom is -1.00 e. The number of benzene rings is 3. The maximum absolute atomic E-state index is 2.57. The van der Waals surface area contributed by atoms with Crippen molar-refractivity contribution in [2.45, 2.75) is 52.1 Å². The van der Waals surface area contributed by atoms with Crippen molar-refractivity contribution in [2.24, 2.45) is 0 Å². The van der Waals surface area contributed by atoms with Crippen molar-refractivity contribution >= 4 is 42.7 Å². The molecule has 3 aliphatic rings. The first-order chi connectivity index (χ1) is 19.0. The molecule has 1 radical (unpaired) electrons. The predicted molar refractivity (Wildman–Crippen MR) is 170 cm³/mol. The van der Waals surface area contributed by atoms with Crippen LogP contribution in [-0.2, 0) is 32.6 Å². The van der Waals surface area contributed by atoms with Gasteiger partial charge in [-0.1, -0.05) is 103 Å². The number of anilines is 2. The molecule has 4 aromatic rings. The van der Waals surface area contributed by atoms with E-state index >= 15 is 0 Å². The van der Waals surface area contributed by atoms with E-state index in [1.807, 2.05) is 0 Å². The molecule has 0 aromatic heterocycles. The fraction of sp³-hybridized carbons (Fsp3) is 0.243. The van der Waals surface area contributed by atoms with E-state index in [9.17, 15) is 0 Å². The van der Waals surface area contributed by atoms with E-state index in [2.05, 4.69) is 123 Å². The van der Waals surface area contributed by atoms with Gasteiger partial charge in [0.1, 0.15) is 0 Å². The average molecular weight is 685 g/mol. The van der Waals surface area contributed by atoms with Crippen LogP contribution in [0.3, 0.4) is 0 Å². The van der Waals surface area contributed by atoms with Crippen molar-refractivity contribution in [3.63, 3.8) is 0 Å². The molecule has 0 spiro atoms. The second-order valence-electron chi connectivity index (χ2n) is 11.7. The van der Waals surface area contributed by atoms with Crippen LogP contribution in [0.1, 0.15) is 59.1 Å². The van der Waals surface area contributed by atoms with Gasteiger partial charge in [0.25, 0.3) is 0 Å². The summed E-state index contributed by atoms with van der Waals surface area (Å²) in [6, 6.07) is 29.6. The Bertz CT molecular complexity index is 1810. The van der Waals surface area contributed by atoms with Gasteiger partial charge in [0.05, 0.1) is 0 Å². The first-order valence-electron chi connectivity index (χ1n) is 14.4. The summed E-state index contributed by atoms with van der Waals surface area (Å²) in [7, 11) is -0.598. The molecule has 0 saturated heterocycles. The number of nitrogens with zero attached hydrogens (tertiary/aromatic N) is 1. The molecule has 1 unspecified atom stereocenters. The number of halogens is 2. The van der Waals surface area contributed by atoms with Gasteiger partial charge < -0.3 is 29.7 Å². The van der Waals surface area contributed by atoms with Crippen LogP contribution in [0.2, 0.25) is 13.1 Å². The van der Waals surface area contributed by atoms with Crippen LogP contribution in [0.5, 0.6) is 0 Å². The van der Waals surface area contributed by atoms with Gasteiger partial charge in [-0.2, -0.15) is 11.3 Å². The number of hydrogen-bond acceptors (Lipinski definition) is 1. The third kappa shape index (κ3) is 5.36. The molecule has 211 valence electrons. The molecule has 42 heavy (non-hydrogen) atoms. The van der Waals surface area contributed by atoms with E-state index in [1.165, 1.54) is 79.2 Å². The van der Waals surface area contributed by atoms with E-state index in [-0.39, 0.29) is 51.0 Å². The largest absolute Gasteiger partial charge is 3.00 e. The molecule has 5 heteroatoms. The summed E-state index contributed by atoms with van der Waals surface area (Å²) in [5.74, 6) is 0.291. The fourth-order valence-electron chi connectivity index (χ4n) is 7.33. The Hall–Kier alpha value is -2.16. The maximum atomic E-state index is 2.57. The Balaban J connectivity index is 0.00000135. The van der Waals surface area contributed by atoms with E-state index in [0.717, 1.165) is 13.0 Å². The Kier molecular flexibility index (Phi) is 10.3. The molecular formula is C37H36Cl2NSiZr. The summed E-state index contributed by atoms with van der Waals surface area (Å²) in [5, 5.41) is 4.57. The van der Waals surface area contributed by atoms with Crippen molar-refractivity contribution in [1.82, 2.24) is 0 Å². The third-order valence-corrected chi connectivity index (χ3v) is 10.7. The number of allylic oxidation sites excluding steroid dienone is 1. The van der Waals surface area contributed by atoms with Gasteiger partial charge in [0, 0.05) is 31.9 Å². The van der Waals surface area contributed by atoms with Crippen molar-refractivity contribution in [3.05, 3.63) is 128 Å². The molecule has 0 bridgehead atoms. The third-order valence-electron chi connectivity index (χ3n) is 9.04. The molecule has 4 aromatic carbocycles. The van der Waals surface area contributed by atoms with Crippen LogP contribution >= 0.6 is 0 Å². The Morgan fingerprint density at radius 3 is 2.33 bits per heavy atom. The minimum absolute atomic E-state index is 0. The Morgan fingerprint density at radius 2 is 1.57 bits per heavy atom. The first kappa shape index (κ1) is 32.7. The first-order valence-corrected chi connectivity index (χ1v) is 16.9. The molecule has 0 saturated carbocycles. The van der Waals surface area contributed by atoms with E-state index in [0.29, 0.717) is 5.92 Å². The molecule has 1 nitrogen and oxygen atoms in total. The SMILES string of the molecule is CC1=Cc2c(cccc2N2CCCc3ccccc32)C1c1c(C)[cH-]c2c1=C(c1ccccc1)C(=[Si](C)C)CC=2.[Cl-].[Cl-].[Zr+3]. The molecule has 7 rings (SSSR count). The summed E-state index contributed by atoms with van der Waals surface area (Å²) >= 11 is 0.